The number of halogens is 2. The average Bonchev–Trinajstić information content (AvgIpc) is 2.61. The quantitative estimate of drug-likeness (QED) is 0.894. The summed E-state index contributed by atoms with van der Waals surface area (Å²) < 4.78 is 31.3. The lowest BCUT2D eigenvalue weighted by atomic mass is 10.0. The number of nitrogens with one attached hydrogen (secondary N) is 1. The number of hydrogen-bond acceptors (Lipinski definition) is 4. The van der Waals surface area contributed by atoms with Gasteiger partial charge in [-0.2, -0.15) is 0 Å². The molecule has 0 amide bonds. The molecule has 2 aromatic rings. The van der Waals surface area contributed by atoms with Crippen LogP contribution in [-0.2, 0) is 4.74 Å². The van der Waals surface area contributed by atoms with Gasteiger partial charge in [0.15, 0.2) is 11.5 Å². The monoisotopic (exact) mass is 351 g/mol. The van der Waals surface area contributed by atoms with Gasteiger partial charge in [0.2, 0.25) is 0 Å². The average molecular weight is 352 g/mol. The maximum atomic E-state index is 14.4. The Kier molecular flexibility index (Phi) is 5.56. The van der Waals surface area contributed by atoms with Gasteiger partial charge in [-0.25, -0.2) is 4.39 Å². The van der Waals surface area contributed by atoms with Crippen molar-refractivity contribution >= 4 is 11.6 Å². The minimum Gasteiger partial charge on any atom is -0.492 e. The lowest BCUT2D eigenvalue weighted by molar-refractivity contribution is -0.000263. The molecule has 1 N–H and O–H groups in total. The van der Waals surface area contributed by atoms with Crippen molar-refractivity contribution in [2.24, 2.45) is 0 Å². The van der Waals surface area contributed by atoms with Crippen LogP contribution in [-0.4, -0.2) is 39.5 Å². The molecule has 0 bridgehead atoms. The van der Waals surface area contributed by atoms with Crippen LogP contribution in [0, 0.1) is 5.82 Å². The van der Waals surface area contributed by atoms with E-state index >= 15 is 0 Å². The summed E-state index contributed by atoms with van der Waals surface area (Å²) in [6.07, 6.45) is -0.0388. The Morgan fingerprint density at radius 2 is 2.21 bits per heavy atom. The van der Waals surface area contributed by atoms with Crippen LogP contribution in [0.3, 0.4) is 0 Å². The summed E-state index contributed by atoms with van der Waals surface area (Å²) in [6.45, 7) is 2.59. The van der Waals surface area contributed by atoms with Crippen molar-refractivity contribution in [3.8, 4) is 22.6 Å². The number of hydrogen-bond donors (Lipinski definition) is 1. The lowest BCUT2D eigenvalue weighted by Gasteiger charge is -2.24. The lowest BCUT2D eigenvalue weighted by Crippen LogP contribution is -2.41. The highest BCUT2D eigenvalue weighted by atomic mass is 35.5. The standard InChI is InChI=1S/C18H19ClFNO3/c1-22-18-16(24-11-14-10-21-7-8-23-14)6-5-15(20)17(18)12-3-2-4-13(19)9-12/h2-6,9,14,21H,7-8,10-11H2,1H3/t14-/m0/s1. The van der Waals surface area contributed by atoms with E-state index in [4.69, 9.17) is 25.8 Å². The zero-order valence-corrected chi connectivity index (χ0v) is 14.1. The number of benzene rings is 2. The van der Waals surface area contributed by atoms with Crippen LogP contribution in [0.5, 0.6) is 11.5 Å². The second-order valence-corrected chi connectivity index (χ2v) is 5.91. The highest BCUT2D eigenvalue weighted by Crippen LogP contribution is 2.40. The molecule has 0 unspecified atom stereocenters. The zero-order chi connectivity index (χ0) is 16.9. The van der Waals surface area contributed by atoms with Crippen molar-refractivity contribution in [1.29, 1.82) is 0 Å². The first-order chi connectivity index (χ1) is 11.7. The molecule has 1 saturated heterocycles. The number of rotatable bonds is 5. The smallest absolute Gasteiger partial charge is 0.171 e. The third-order valence-corrected chi connectivity index (χ3v) is 4.05. The van der Waals surface area contributed by atoms with Crippen LogP contribution in [0.4, 0.5) is 4.39 Å². The normalized spacial score (nSPS) is 17.5. The van der Waals surface area contributed by atoms with Gasteiger partial charge in [0, 0.05) is 18.1 Å². The summed E-state index contributed by atoms with van der Waals surface area (Å²) in [5.74, 6) is 0.432. The first-order valence-corrected chi connectivity index (χ1v) is 8.14. The van der Waals surface area contributed by atoms with Gasteiger partial charge in [-0.1, -0.05) is 23.7 Å². The van der Waals surface area contributed by atoms with Crippen molar-refractivity contribution in [3.05, 3.63) is 47.2 Å². The molecule has 1 aliphatic rings. The SMILES string of the molecule is COc1c(OC[C@@H]2CNCCO2)ccc(F)c1-c1cccc(Cl)c1. The summed E-state index contributed by atoms with van der Waals surface area (Å²) in [5.41, 5.74) is 0.970. The van der Waals surface area contributed by atoms with Crippen molar-refractivity contribution in [1.82, 2.24) is 5.32 Å². The van der Waals surface area contributed by atoms with E-state index in [9.17, 15) is 4.39 Å². The molecule has 24 heavy (non-hydrogen) atoms. The third-order valence-electron chi connectivity index (χ3n) is 3.82. The summed E-state index contributed by atoms with van der Waals surface area (Å²) in [6, 6.07) is 9.92. The van der Waals surface area contributed by atoms with Gasteiger partial charge in [0.1, 0.15) is 18.5 Å². The van der Waals surface area contributed by atoms with E-state index in [1.165, 1.54) is 13.2 Å². The van der Waals surface area contributed by atoms with Gasteiger partial charge in [0.25, 0.3) is 0 Å². The predicted molar refractivity (Wildman–Crippen MR) is 91.5 cm³/mol. The molecule has 0 aromatic heterocycles. The minimum atomic E-state index is -0.392. The van der Waals surface area contributed by atoms with Crippen molar-refractivity contribution < 1.29 is 18.6 Å². The van der Waals surface area contributed by atoms with Crippen molar-refractivity contribution in [2.45, 2.75) is 6.10 Å². The van der Waals surface area contributed by atoms with E-state index in [0.29, 0.717) is 40.9 Å². The van der Waals surface area contributed by atoms with Gasteiger partial charge in [-0.15, -0.1) is 0 Å². The number of methoxy groups -OCH3 is 1. The third kappa shape index (κ3) is 3.80. The van der Waals surface area contributed by atoms with E-state index in [1.807, 2.05) is 0 Å². The first-order valence-electron chi connectivity index (χ1n) is 7.76. The van der Waals surface area contributed by atoms with Crippen molar-refractivity contribution in [3.63, 3.8) is 0 Å². The van der Waals surface area contributed by atoms with Crippen LogP contribution in [0.2, 0.25) is 5.02 Å². The topological polar surface area (TPSA) is 39.7 Å². The number of ether oxygens (including phenoxy) is 3. The molecule has 128 valence electrons. The molecular formula is C18H19ClFNO3. The van der Waals surface area contributed by atoms with Gasteiger partial charge >= 0.3 is 0 Å². The highest BCUT2D eigenvalue weighted by Gasteiger charge is 2.20. The predicted octanol–water partition coefficient (Wildman–Crippen LogP) is 3.52. The van der Waals surface area contributed by atoms with E-state index < -0.39 is 5.82 Å². The first kappa shape index (κ1) is 17.0. The molecule has 1 atom stereocenters. The summed E-state index contributed by atoms with van der Waals surface area (Å²) in [4.78, 5) is 0. The Hall–Kier alpha value is -1.82. The van der Waals surface area contributed by atoms with E-state index in [0.717, 1.165) is 13.1 Å². The van der Waals surface area contributed by atoms with Crippen LogP contribution in [0.25, 0.3) is 11.1 Å². The molecule has 0 saturated carbocycles. The summed E-state index contributed by atoms with van der Waals surface area (Å²) in [7, 11) is 1.49. The van der Waals surface area contributed by atoms with Crippen molar-refractivity contribution in [2.75, 3.05) is 33.4 Å². The Balaban J connectivity index is 1.88. The maximum absolute atomic E-state index is 14.4. The minimum absolute atomic E-state index is 0.0388. The van der Waals surface area contributed by atoms with Crippen LogP contribution in [0.1, 0.15) is 0 Å². The van der Waals surface area contributed by atoms with E-state index in [2.05, 4.69) is 5.32 Å². The molecule has 1 aliphatic heterocycles. The van der Waals surface area contributed by atoms with Gasteiger partial charge < -0.3 is 19.5 Å². The van der Waals surface area contributed by atoms with Crippen LogP contribution in [0.15, 0.2) is 36.4 Å². The fourth-order valence-corrected chi connectivity index (χ4v) is 2.87. The molecule has 0 aliphatic carbocycles. The zero-order valence-electron chi connectivity index (χ0n) is 13.4. The Morgan fingerprint density at radius 1 is 1.33 bits per heavy atom. The molecule has 3 rings (SSSR count). The van der Waals surface area contributed by atoms with Gasteiger partial charge in [0.05, 0.1) is 19.3 Å². The van der Waals surface area contributed by atoms with Crippen LogP contribution >= 0.6 is 11.6 Å². The fourth-order valence-electron chi connectivity index (χ4n) is 2.68. The largest absolute Gasteiger partial charge is 0.492 e. The second-order valence-electron chi connectivity index (χ2n) is 5.47. The molecule has 1 fully saturated rings. The Labute approximate surface area is 145 Å². The van der Waals surface area contributed by atoms with E-state index in [1.54, 1.807) is 30.3 Å². The molecular weight excluding hydrogens is 333 g/mol. The Morgan fingerprint density at radius 3 is 2.92 bits per heavy atom. The molecule has 2 aromatic carbocycles. The number of morpholine rings is 1. The summed E-state index contributed by atoms with van der Waals surface area (Å²) in [5, 5.41) is 3.77. The second kappa shape index (κ2) is 7.83. The molecule has 4 nitrogen and oxygen atoms in total. The maximum Gasteiger partial charge on any atom is 0.171 e. The van der Waals surface area contributed by atoms with Gasteiger partial charge in [-0.3, -0.25) is 0 Å². The molecule has 0 radical (unpaired) electrons. The molecule has 1 heterocycles. The Bertz CT molecular complexity index is 705. The van der Waals surface area contributed by atoms with Crippen LogP contribution < -0.4 is 14.8 Å². The fraction of sp³-hybridized carbons (Fsp3) is 0.333. The van der Waals surface area contributed by atoms with Gasteiger partial charge in [-0.05, 0) is 29.8 Å². The summed E-state index contributed by atoms with van der Waals surface area (Å²) >= 11 is 6.03. The van der Waals surface area contributed by atoms with E-state index in [-0.39, 0.29) is 6.10 Å². The highest BCUT2D eigenvalue weighted by molar-refractivity contribution is 6.30. The molecule has 0 spiro atoms. The molecule has 6 heteroatoms.